The summed E-state index contributed by atoms with van der Waals surface area (Å²) in [7, 11) is 4.09. The van der Waals surface area contributed by atoms with Gasteiger partial charge in [-0.05, 0) is 20.5 Å². The topological polar surface area (TPSA) is 76.1 Å². The molecule has 1 aliphatic rings. The summed E-state index contributed by atoms with van der Waals surface area (Å²) in [5.74, 6) is -0.963. The molecule has 1 fully saturated rings. The van der Waals surface area contributed by atoms with Gasteiger partial charge in [0.1, 0.15) is 6.04 Å². The number of carboxylic acid groups (broad SMARTS) is 1. The molecule has 0 aromatic carbocycles. The van der Waals surface area contributed by atoms with Crippen LogP contribution in [0.25, 0.3) is 0 Å². The van der Waals surface area contributed by atoms with Crippen LogP contribution in [-0.2, 0) is 4.79 Å². The van der Waals surface area contributed by atoms with E-state index in [4.69, 9.17) is 5.11 Å². The van der Waals surface area contributed by atoms with Crippen LogP contribution in [0.2, 0.25) is 0 Å². The number of likely N-dealkylation sites (N-methyl/N-ethyl adjacent to an activating group) is 1. The number of carboxylic acids is 1. The molecule has 1 rings (SSSR count). The molecule has 2 N–H and O–H groups in total. The minimum absolute atomic E-state index is 0.261. The second-order valence-electron chi connectivity index (χ2n) is 5.76. The Kier molecular flexibility index (Phi) is 7.45. The van der Waals surface area contributed by atoms with Gasteiger partial charge in [0.2, 0.25) is 0 Å². The van der Waals surface area contributed by atoms with E-state index in [1.54, 1.807) is 4.90 Å². The summed E-state index contributed by atoms with van der Waals surface area (Å²) in [4.78, 5) is 29.3. The second-order valence-corrected chi connectivity index (χ2v) is 5.76. The van der Waals surface area contributed by atoms with Crippen molar-refractivity contribution in [2.75, 3.05) is 53.4 Å². The largest absolute Gasteiger partial charge is 0.480 e. The van der Waals surface area contributed by atoms with Crippen molar-refractivity contribution in [3.05, 3.63) is 0 Å². The minimum Gasteiger partial charge on any atom is -0.480 e. The van der Waals surface area contributed by atoms with Crippen molar-refractivity contribution in [2.24, 2.45) is 0 Å². The van der Waals surface area contributed by atoms with Gasteiger partial charge >= 0.3 is 12.0 Å². The zero-order valence-electron chi connectivity index (χ0n) is 13.3. The van der Waals surface area contributed by atoms with Crippen molar-refractivity contribution in [2.45, 2.75) is 25.8 Å². The van der Waals surface area contributed by atoms with Gasteiger partial charge in [0.05, 0.1) is 0 Å². The Labute approximate surface area is 126 Å². The van der Waals surface area contributed by atoms with E-state index in [0.717, 1.165) is 32.6 Å². The first-order valence-electron chi connectivity index (χ1n) is 7.59. The molecular formula is C14H28N4O3. The van der Waals surface area contributed by atoms with Crippen LogP contribution in [0.15, 0.2) is 0 Å². The highest BCUT2D eigenvalue weighted by molar-refractivity contribution is 5.82. The lowest BCUT2D eigenvalue weighted by Gasteiger charge is -2.35. The zero-order valence-corrected chi connectivity index (χ0v) is 13.3. The zero-order chi connectivity index (χ0) is 15.8. The number of hydrogen-bond donors (Lipinski definition) is 2. The number of urea groups is 1. The third kappa shape index (κ3) is 6.31. The minimum atomic E-state index is -0.963. The smallest absolute Gasteiger partial charge is 0.326 e. The quantitative estimate of drug-likeness (QED) is 0.699. The fourth-order valence-corrected chi connectivity index (χ4v) is 2.30. The number of nitrogens with one attached hydrogen (secondary N) is 1. The second kappa shape index (κ2) is 8.84. The van der Waals surface area contributed by atoms with Crippen molar-refractivity contribution in [3.8, 4) is 0 Å². The SMILES string of the molecule is CCC[C@@H](NC(=O)N1CCN(CCN(C)C)CC1)C(=O)O. The fraction of sp³-hybridized carbons (Fsp3) is 0.857. The average molecular weight is 300 g/mol. The van der Waals surface area contributed by atoms with Gasteiger partial charge in [-0.2, -0.15) is 0 Å². The molecule has 1 atom stereocenters. The molecule has 0 aromatic rings. The first-order chi connectivity index (χ1) is 9.93. The molecule has 21 heavy (non-hydrogen) atoms. The van der Waals surface area contributed by atoms with Crippen molar-refractivity contribution in [1.82, 2.24) is 20.0 Å². The molecule has 0 aromatic heterocycles. The third-order valence-electron chi connectivity index (χ3n) is 3.70. The predicted octanol–water partition coefficient (Wildman–Crippen LogP) is 0.129. The maximum absolute atomic E-state index is 12.1. The van der Waals surface area contributed by atoms with E-state index in [0.29, 0.717) is 19.5 Å². The molecule has 2 amide bonds. The summed E-state index contributed by atoms with van der Waals surface area (Å²) in [5, 5.41) is 11.7. The first-order valence-corrected chi connectivity index (χ1v) is 7.59. The summed E-state index contributed by atoms with van der Waals surface area (Å²) in [5.41, 5.74) is 0. The summed E-state index contributed by atoms with van der Waals surface area (Å²) < 4.78 is 0. The van der Waals surface area contributed by atoms with Crippen LogP contribution in [-0.4, -0.2) is 91.2 Å². The summed E-state index contributed by atoms with van der Waals surface area (Å²) in [6.07, 6.45) is 1.19. The normalized spacial score (nSPS) is 17.8. The molecular weight excluding hydrogens is 272 g/mol. The number of piperazine rings is 1. The van der Waals surface area contributed by atoms with Gasteiger partial charge in [0.25, 0.3) is 0 Å². The molecule has 0 unspecified atom stereocenters. The number of carbonyl (C=O) groups excluding carboxylic acids is 1. The lowest BCUT2D eigenvalue weighted by Crippen LogP contribution is -2.55. The van der Waals surface area contributed by atoms with E-state index in [1.807, 2.05) is 21.0 Å². The number of rotatable bonds is 7. The maximum Gasteiger partial charge on any atom is 0.326 e. The molecule has 122 valence electrons. The highest BCUT2D eigenvalue weighted by atomic mass is 16.4. The van der Waals surface area contributed by atoms with Gasteiger partial charge < -0.3 is 20.2 Å². The van der Waals surface area contributed by atoms with Crippen LogP contribution in [0.3, 0.4) is 0 Å². The molecule has 0 aliphatic carbocycles. The van der Waals surface area contributed by atoms with Gasteiger partial charge in [-0.15, -0.1) is 0 Å². The first kappa shape index (κ1) is 17.7. The third-order valence-corrected chi connectivity index (χ3v) is 3.70. The van der Waals surface area contributed by atoms with Crippen LogP contribution in [0, 0.1) is 0 Å². The summed E-state index contributed by atoms with van der Waals surface area (Å²) in [6.45, 7) is 6.89. The van der Waals surface area contributed by atoms with Crippen molar-refractivity contribution >= 4 is 12.0 Å². The van der Waals surface area contributed by atoms with E-state index in [-0.39, 0.29) is 6.03 Å². The standard InChI is InChI=1S/C14H28N4O3/c1-4-5-12(13(19)20)15-14(21)18-10-8-17(9-11-18)7-6-16(2)3/h12H,4-11H2,1-3H3,(H,15,21)(H,19,20)/t12-/m1/s1. The van der Waals surface area contributed by atoms with Crippen LogP contribution in [0.1, 0.15) is 19.8 Å². The fourth-order valence-electron chi connectivity index (χ4n) is 2.30. The molecule has 0 saturated carbocycles. The Morgan fingerprint density at radius 1 is 1.24 bits per heavy atom. The molecule has 1 aliphatic heterocycles. The van der Waals surface area contributed by atoms with E-state index < -0.39 is 12.0 Å². The van der Waals surface area contributed by atoms with E-state index in [9.17, 15) is 9.59 Å². The van der Waals surface area contributed by atoms with Gasteiger partial charge in [-0.25, -0.2) is 9.59 Å². The average Bonchev–Trinajstić information content (AvgIpc) is 2.45. The van der Waals surface area contributed by atoms with E-state index in [2.05, 4.69) is 15.1 Å². The van der Waals surface area contributed by atoms with Gasteiger partial charge in [-0.1, -0.05) is 13.3 Å². The highest BCUT2D eigenvalue weighted by Gasteiger charge is 2.25. The van der Waals surface area contributed by atoms with Gasteiger partial charge in [-0.3, -0.25) is 4.90 Å². The Morgan fingerprint density at radius 3 is 2.33 bits per heavy atom. The highest BCUT2D eigenvalue weighted by Crippen LogP contribution is 2.04. The van der Waals surface area contributed by atoms with Gasteiger partial charge in [0.15, 0.2) is 0 Å². The molecule has 0 spiro atoms. The monoisotopic (exact) mass is 300 g/mol. The van der Waals surface area contributed by atoms with E-state index in [1.165, 1.54) is 0 Å². The molecule has 7 nitrogen and oxygen atoms in total. The van der Waals surface area contributed by atoms with Crippen molar-refractivity contribution < 1.29 is 14.7 Å². The number of amides is 2. The van der Waals surface area contributed by atoms with Crippen LogP contribution < -0.4 is 5.32 Å². The summed E-state index contributed by atoms with van der Waals surface area (Å²) >= 11 is 0. The molecule has 7 heteroatoms. The van der Waals surface area contributed by atoms with Crippen molar-refractivity contribution in [1.29, 1.82) is 0 Å². The number of aliphatic carboxylic acids is 1. The Balaban J connectivity index is 2.35. The van der Waals surface area contributed by atoms with Crippen LogP contribution in [0.4, 0.5) is 4.79 Å². The summed E-state index contributed by atoms with van der Waals surface area (Å²) in [6, 6.07) is -1.04. The van der Waals surface area contributed by atoms with Crippen LogP contribution >= 0.6 is 0 Å². The maximum atomic E-state index is 12.1. The van der Waals surface area contributed by atoms with Gasteiger partial charge in [0, 0.05) is 39.3 Å². The van der Waals surface area contributed by atoms with Crippen LogP contribution in [0.5, 0.6) is 0 Å². The lowest BCUT2D eigenvalue weighted by atomic mass is 10.2. The van der Waals surface area contributed by atoms with E-state index >= 15 is 0 Å². The number of carbonyl (C=O) groups is 2. The predicted molar refractivity (Wildman–Crippen MR) is 81.4 cm³/mol. The molecule has 0 bridgehead atoms. The Morgan fingerprint density at radius 2 is 1.86 bits per heavy atom. The Bertz CT molecular complexity index is 341. The Hall–Kier alpha value is -1.34. The number of hydrogen-bond acceptors (Lipinski definition) is 4. The number of nitrogens with zero attached hydrogens (tertiary/aromatic N) is 3. The lowest BCUT2D eigenvalue weighted by molar-refractivity contribution is -0.139. The van der Waals surface area contributed by atoms with Crippen molar-refractivity contribution in [3.63, 3.8) is 0 Å². The molecule has 1 heterocycles. The molecule has 0 radical (unpaired) electrons. The molecule has 1 saturated heterocycles.